The number of hydrogen-bond donors (Lipinski definition) is 18. The van der Waals surface area contributed by atoms with Gasteiger partial charge in [-0.25, -0.2) is 0 Å². The van der Waals surface area contributed by atoms with Gasteiger partial charge in [-0.2, -0.15) is 0 Å². The Hall–Kier alpha value is -2.36. The van der Waals surface area contributed by atoms with Gasteiger partial charge >= 0.3 is 0 Å². The fourth-order valence-electron chi connectivity index (χ4n) is 14.3. The highest BCUT2D eigenvalue weighted by Crippen LogP contribution is 2.37. The quantitative estimate of drug-likeness (QED) is 0.0306. The summed E-state index contributed by atoms with van der Waals surface area (Å²) in [5.74, 6) is -1.12. The van der Waals surface area contributed by atoms with Gasteiger partial charge in [0.25, 0.3) is 0 Å². The van der Waals surface area contributed by atoms with Gasteiger partial charge in [-0.15, -0.1) is 0 Å². The molecule has 0 aliphatic carbocycles. The first-order valence-corrected chi connectivity index (χ1v) is 39.5. The van der Waals surface area contributed by atoms with Crippen molar-refractivity contribution in [2.45, 2.75) is 405 Å². The third-order valence-electron chi connectivity index (χ3n) is 20.7. The smallest absolute Gasteiger partial charge is 0.220 e. The molecule has 5 aliphatic rings. The summed E-state index contributed by atoms with van der Waals surface area (Å²) >= 11 is 0. The van der Waals surface area contributed by atoms with E-state index in [0.29, 0.717) is 12.8 Å². The molecule has 0 aromatic heterocycles. The Bertz CT molecular complexity index is 2250. The van der Waals surface area contributed by atoms with E-state index in [1.807, 2.05) is 6.08 Å². The van der Waals surface area contributed by atoms with Gasteiger partial charge < -0.3 is 140 Å². The average molecular weight is 1500 g/mol. The Morgan fingerprint density at radius 3 is 1.13 bits per heavy atom. The van der Waals surface area contributed by atoms with Crippen LogP contribution in [0.3, 0.4) is 0 Å². The summed E-state index contributed by atoms with van der Waals surface area (Å²) in [7, 11) is 0. The largest absolute Gasteiger partial charge is 0.394 e. The molecule has 0 saturated carbocycles. The monoisotopic (exact) mass is 1500 g/mol. The summed E-state index contributed by atoms with van der Waals surface area (Å²) in [5.41, 5.74) is 0. The lowest BCUT2D eigenvalue weighted by atomic mass is 9.94. The predicted molar refractivity (Wildman–Crippen MR) is 377 cm³/mol. The van der Waals surface area contributed by atoms with Crippen molar-refractivity contribution in [2.24, 2.45) is 0 Å². The number of hydrogen-bond acceptors (Lipinski definition) is 28. The van der Waals surface area contributed by atoms with Crippen LogP contribution in [0, 0.1) is 0 Å². The number of aliphatic hydroxyl groups is 16. The number of rotatable bonds is 54. The molecule has 30 nitrogen and oxygen atoms in total. The van der Waals surface area contributed by atoms with Crippen LogP contribution in [0.5, 0.6) is 0 Å². The third-order valence-corrected chi connectivity index (χ3v) is 20.7. The van der Waals surface area contributed by atoms with Gasteiger partial charge in [0.05, 0.1) is 51.8 Å². The normalized spacial score (nSPS) is 34.7. The Labute approximate surface area is 615 Å². The maximum atomic E-state index is 13.5. The number of amides is 2. The molecule has 5 heterocycles. The van der Waals surface area contributed by atoms with E-state index in [9.17, 15) is 91.3 Å². The number of ether oxygens (including phenoxy) is 10. The van der Waals surface area contributed by atoms with Crippen molar-refractivity contribution in [2.75, 3.05) is 39.6 Å². The van der Waals surface area contributed by atoms with Crippen LogP contribution in [0.2, 0.25) is 0 Å². The molecule has 0 radical (unpaired) electrons. The molecule has 10 unspecified atom stereocenters. The molecule has 0 bridgehead atoms. The van der Waals surface area contributed by atoms with Crippen molar-refractivity contribution in [1.29, 1.82) is 0 Å². The summed E-state index contributed by atoms with van der Waals surface area (Å²) in [6, 6.07) is -2.74. The SMILES string of the molecule is CCCCCCCCCCCCC/C=C/[C@@H](O)[C@H](CO[C@@H]1OC(CO)[C@@H](O[C@@H]2OC(CO)[C@H](O[C@@H]3OC(CO)[C@H](O)[C@H](O[C@@H]4OC(CO)[C@H](O[C@@H]5OC(CO)[C@H](O)[C@H](O)C5O)[C@H](O)C4NC(C)=O)C3O)[C@H](O)C2O)[C@H](O)C1O)NC(=O)CCCCCCCCCCCCCCCCCCCCCCC. The van der Waals surface area contributed by atoms with E-state index in [0.717, 1.165) is 51.9 Å². The van der Waals surface area contributed by atoms with E-state index in [1.165, 1.54) is 154 Å². The zero-order chi connectivity index (χ0) is 75.9. The molecule has 18 N–H and O–H groups in total. The average Bonchev–Trinajstić information content (AvgIpc) is 0.777. The molecule has 30 heteroatoms. The van der Waals surface area contributed by atoms with Crippen molar-refractivity contribution in [3.8, 4) is 0 Å². The first-order chi connectivity index (χ1) is 50.2. The highest BCUT2D eigenvalue weighted by Gasteiger charge is 2.57. The molecule has 610 valence electrons. The number of allylic oxidation sites excluding steroid dienone is 1. The molecule has 5 saturated heterocycles. The summed E-state index contributed by atoms with van der Waals surface area (Å²) in [5, 5.41) is 181. The highest BCUT2D eigenvalue weighted by molar-refractivity contribution is 5.76. The lowest BCUT2D eigenvalue weighted by molar-refractivity contribution is -0.389. The fraction of sp³-hybridized carbons (Fsp3) is 0.946. The lowest BCUT2D eigenvalue weighted by Gasteiger charge is -2.50. The van der Waals surface area contributed by atoms with Crippen LogP contribution in [-0.2, 0) is 57.0 Å². The van der Waals surface area contributed by atoms with Crippen molar-refractivity contribution in [1.82, 2.24) is 10.6 Å². The predicted octanol–water partition coefficient (Wildman–Crippen LogP) is 1.95. The Morgan fingerprint density at radius 2 is 0.712 bits per heavy atom. The van der Waals surface area contributed by atoms with Crippen LogP contribution in [0.15, 0.2) is 12.2 Å². The van der Waals surface area contributed by atoms with Gasteiger partial charge in [-0.05, 0) is 19.3 Å². The van der Waals surface area contributed by atoms with E-state index in [1.54, 1.807) is 6.08 Å². The number of unbranched alkanes of at least 4 members (excludes halogenated alkanes) is 31. The lowest BCUT2D eigenvalue weighted by Crippen LogP contribution is -2.70. The molecule has 5 rings (SSSR count). The van der Waals surface area contributed by atoms with Gasteiger partial charge in [0.15, 0.2) is 31.5 Å². The van der Waals surface area contributed by atoms with Gasteiger partial charge in [0, 0.05) is 13.3 Å². The van der Waals surface area contributed by atoms with Gasteiger partial charge in [0.2, 0.25) is 11.8 Å². The molecule has 27 atom stereocenters. The number of nitrogens with one attached hydrogen (secondary N) is 2. The van der Waals surface area contributed by atoms with Crippen molar-refractivity contribution >= 4 is 11.8 Å². The minimum atomic E-state index is -2.17. The Balaban J connectivity index is 1.14. The minimum absolute atomic E-state index is 0.200. The third kappa shape index (κ3) is 30.4. The van der Waals surface area contributed by atoms with Crippen LogP contribution in [0.25, 0.3) is 0 Å². The van der Waals surface area contributed by atoms with Gasteiger partial charge in [-0.3, -0.25) is 9.59 Å². The Kier molecular flexibility index (Phi) is 46.1. The topological polar surface area (TPSA) is 474 Å². The molecule has 5 fully saturated rings. The molecule has 5 aliphatic heterocycles. The van der Waals surface area contributed by atoms with E-state index in [2.05, 4.69) is 24.5 Å². The van der Waals surface area contributed by atoms with Crippen molar-refractivity contribution in [3.63, 3.8) is 0 Å². The first kappa shape index (κ1) is 92.2. The van der Waals surface area contributed by atoms with E-state index in [4.69, 9.17) is 47.4 Å². The molecule has 0 aromatic carbocycles. The van der Waals surface area contributed by atoms with Gasteiger partial charge in [-0.1, -0.05) is 219 Å². The van der Waals surface area contributed by atoms with Crippen molar-refractivity contribution in [3.05, 3.63) is 12.2 Å². The standard InChI is InChI=1S/C74H136N2O28/c1-4-6-8-10-12-14-16-18-19-20-21-22-23-24-25-27-29-31-33-35-37-39-54(84)76-47(48(83)38-36-34-32-30-28-26-17-15-13-11-9-7-5-2)45-95-71-63(92)60(89)67(52(43-80)99-71)102-73-64(93)61(90)68(53(44-81)100-73)103-74-65(94)69(57(86)50(41-78)97-74)104-70-55(75-46(3)82)58(87)66(51(42-79)98-70)101-72-62(91)59(88)56(85)49(40-77)96-72/h36,38,47-53,55-74,77-81,83,85-94H,4-35,37,39-45H2,1-3H3,(H,75,82)(H,76,84)/b38-36+/t47-,48+,49?,50?,51?,52?,53?,55?,56-,57-,58+,59-,60+,61+,62?,63?,64?,65?,66-,67+,68-,69-,70-,71+,72-,73-,74-/m0/s1. The summed E-state index contributed by atoms with van der Waals surface area (Å²) in [6.45, 7) is 0.409. The van der Waals surface area contributed by atoms with E-state index >= 15 is 0 Å². The van der Waals surface area contributed by atoms with Crippen LogP contribution >= 0.6 is 0 Å². The molecular weight excluding hydrogens is 1360 g/mol. The molecular formula is C74H136N2O28. The summed E-state index contributed by atoms with van der Waals surface area (Å²) < 4.78 is 58.3. The van der Waals surface area contributed by atoms with Crippen LogP contribution in [-0.4, -0.2) is 299 Å². The van der Waals surface area contributed by atoms with Crippen LogP contribution in [0.1, 0.15) is 239 Å². The van der Waals surface area contributed by atoms with Crippen LogP contribution in [0.4, 0.5) is 0 Å². The highest BCUT2D eigenvalue weighted by atomic mass is 16.8. The maximum absolute atomic E-state index is 13.5. The number of carbonyl (C=O) groups excluding carboxylic acids is 2. The minimum Gasteiger partial charge on any atom is -0.394 e. The second kappa shape index (κ2) is 52.0. The van der Waals surface area contributed by atoms with E-state index < -0.39 is 211 Å². The molecule has 0 spiro atoms. The Morgan fingerprint density at radius 1 is 0.375 bits per heavy atom. The first-order valence-electron chi connectivity index (χ1n) is 39.5. The second-order valence-corrected chi connectivity index (χ2v) is 29.2. The van der Waals surface area contributed by atoms with Crippen molar-refractivity contribution < 1.29 is 139 Å². The molecule has 104 heavy (non-hydrogen) atoms. The maximum Gasteiger partial charge on any atom is 0.220 e. The summed E-state index contributed by atoms with van der Waals surface area (Å²) in [4.78, 5) is 26.1. The molecule has 2 amide bonds. The number of aliphatic hydroxyl groups excluding tert-OH is 16. The second-order valence-electron chi connectivity index (χ2n) is 29.2. The van der Waals surface area contributed by atoms with E-state index in [-0.39, 0.29) is 12.3 Å². The van der Waals surface area contributed by atoms with Crippen LogP contribution < -0.4 is 10.6 Å². The number of carbonyl (C=O) groups is 2. The zero-order valence-corrected chi connectivity index (χ0v) is 62.1. The van der Waals surface area contributed by atoms with Gasteiger partial charge in [0.1, 0.15) is 122 Å². The fourth-order valence-corrected chi connectivity index (χ4v) is 14.3. The zero-order valence-electron chi connectivity index (χ0n) is 62.1. The molecule has 0 aromatic rings. The summed E-state index contributed by atoms with van der Waals surface area (Å²) in [6.07, 6.45) is -2.56.